The molecule has 0 radical (unpaired) electrons. The van der Waals surface area contributed by atoms with Crippen molar-refractivity contribution in [3.63, 3.8) is 0 Å². The predicted molar refractivity (Wildman–Crippen MR) is 121 cm³/mol. The second kappa shape index (κ2) is 9.09. The maximum Gasteiger partial charge on any atom is 0.341 e. The summed E-state index contributed by atoms with van der Waals surface area (Å²) in [5.74, 6) is -1.06. The van der Waals surface area contributed by atoms with Crippen LogP contribution < -0.4 is 5.32 Å². The molecule has 0 saturated carbocycles. The molecule has 7 nitrogen and oxygen atoms in total. The van der Waals surface area contributed by atoms with Gasteiger partial charge in [-0.2, -0.15) is 0 Å². The highest BCUT2D eigenvalue weighted by atomic mass is 32.1. The summed E-state index contributed by atoms with van der Waals surface area (Å²) in [5.41, 5.74) is 3.21. The van der Waals surface area contributed by atoms with Crippen molar-refractivity contribution in [2.45, 2.75) is 27.7 Å². The number of rotatable bonds is 6. The number of thiophene rings is 1. The zero-order chi connectivity index (χ0) is 22.7. The van der Waals surface area contributed by atoms with Crippen LogP contribution in [0.4, 0.5) is 10.7 Å². The van der Waals surface area contributed by atoms with Crippen molar-refractivity contribution in [3.05, 3.63) is 79.7 Å². The molecular formula is C23H22N2O5S. The summed E-state index contributed by atoms with van der Waals surface area (Å²) in [4.78, 5) is 37.3. The minimum atomic E-state index is -0.534. The number of ether oxygens (including phenoxy) is 1. The highest BCUT2D eigenvalue weighted by Crippen LogP contribution is 2.41. The van der Waals surface area contributed by atoms with Crippen LogP contribution in [-0.2, 0) is 4.74 Å². The van der Waals surface area contributed by atoms with Crippen LogP contribution in [0.5, 0.6) is 0 Å². The van der Waals surface area contributed by atoms with Gasteiger partial charge in [0.25, 0.3) is 11.6 Å². The lowest BCUT2D eigenvalue weighted by Gasteiger charge is -2.10. The molecule has 3 aromatic rings. The van der Waals surface area contributed by atoms with Crippen LogP contribution in [0.25, 0.3) is 11.1 Å². The van der Waals surface area contributed by atoms with Gasteiger partial charge < -0.3 is 10.1 Å². The third kappa shape index (κ3) is 4.49. The van der Waals surface area contributed by atoms with Gasteiger partial charge in [-0.15, -0.1) is 11.3 Å². The Morgan fingerprint density at radius 3 is 2.39 bits per heavy atom. The number of nitrogens with zero attached hydrogens (tertiary/aromatic N) is 1. The van der Waals surface area contributed by atoms with Crippen LogP contribution in [0.2, 0.25) is 0 Å². The second-order valence-corrected chi connectivity index (χ2v) is 8.21. The van der Waals surface area contributed by atoms with Gasteiger partial charge in [-0.3, -0.25) is 14.9 Å². The number of nitro benzene ring substituents is 1. The zero-order valence-corrected chi connectivity index (χ0v) is 18.5. The maximum absolute atomic E-state index is 13.0. The number of hydrogen-bond donors (Lipinski definition) is 1. The molecule has 3 rings (SSSR count). The van der Waals surface area contributed by atoms with Crippen molar-refractivity contribution in [1.82, 2.24) is 0 Å². The molecule has 0 aliphatic rings. The van der Waals surface area contributed by atoms with Gasteiger partial charge in [0, 0.05) is 27.6 Å². The SMILES string of the molecule is CCOC(=O)c1c(NC(=O)c2cccc([N+](=O)[O-])c2C)sc(C)c1-c1ccc(C)cc1. The summed E-state index contributed by atoms with van der Waals surface area (Å²) >= 11 is 1.27. The van der Waals surface area contributed by atoms with Crippen molar-refractivity contribution in [1.29, 1.82) is 0 Å². The first-order valence-electron chi connectivity index (χ1n) is 9.67. The van der Waals surface area contributed by atoms with Crippen molar-refractivity contribution in [2.24, 2.45) is 0 Å². The first kappa shape index (κ1) is 22.2. The molecule has 31 heavy (non-hydrogen) atoms. The van der Waals surface area contributed by atoms with Crippen molar-refractivity contribution in [3.8, 4) is 11.1 Å². The van der Waals surface area contributed by atoms with Crippen LogP contribution in [-0.4, -0.2) is 23.4 Å². The molecule has 0 atom stereocenters. The lowest BCUT2D eigenvalue weighted by molar-refractivity contribution is -0.385. The number of amides is 1. The Bertz CT molecular complexity index is 1170. The van der Waals surface area contributed by atoms with E-state index in [0.29, 0.717) is 10.6 Å². The third-order valence-corrected chi connectivity index (χ3v) is 5.90. The molecule has 2 aromatic carbocycles. The lowest BCUT2D eigenvalue weighted by Crippen LogP contribution is -2.16. The fourth-order valence-electron chi connectivity index (χ4n) is 3.34. The van der Waals surface area contributed by atoms with E-state index in [2.05, 4.69) is 5.32 Å². The first-order valence-corrected chi connectivity index (χ1v) is 10.5. The fourth-order valence-corrected chi connectivity index (χ4v) is 4.40. The number of hydrogen-bond acceptors (Lipinski definition) is 6. The normalized spacial score (nSPS) is 10.6. The summed E-state index contributed by atoms with van der Waals surface area (Å²) in [5, 5.41) is 14.3. The molecule has 1 heterocycles. The molecule has 0 aliphatic carbocycles. The molecule has 0 bridgehead atoms. The summed E-state index contributed by atoms with van der Waals surface area (Å²) in [6.45, 7) is 7.28. The Balaban J connectivity index is 2.07. The number of nitro groups is 1. The smallest absolute Gasteiger partial charge is 0.341 e. The van der Waals surface area contributed by atoms with Crippen LogP contribution in [0.15, 0.2) is 42.5 Å². The van der Waals surface area contributed by atoms with Gasteiger partial charge in [0.05, 0.1) is 11.5 Å². The largest absolute Gasteiger partial charge is 0.462 e. The maximum atomic E-state index is 13.0. The van der Waals surface area contributed by atoms with Crippen molar-refractivity contribution in [2.75, 3.05) is 11.9 Å². The standard InChI is InChI=1S/C23H22N2O5S/c1-5-30-23(27)20-19(16-11-9-13(2)10-12-16)15(4)31-22(20)24-21(26)17-7-6-8-18(14(17)3)25(28)29/h6-12H,5H2,1-4H3,(H,24,26). The topological polar surface area (TPSA) is 98.5 Å². The van der Waals surface area contributed by atoms with E-state index >= 15 is 0 Å². The zero-order valence-electron chi connectivity index (χ0n) is 17.6. The number of anilines is 1. The quantitative estimate of drug-likeness (QED) is 0.303. The number of carbonyl (C=O) groups excluding carboxylic acids is 2. The Labute approximate surface area is 183 Å². The molecule has 0 spiro atoms. The summed E-state index contributed by atoms with van der Waals surface area (Å²) in [6.07, 6.45) is 0. The molecule has 160 valence electrons. The van der Waals surface area contributed by atoms with Crippen LogP contribution >= 0.6 is 11.3 Å². The number of benzene rings is 2. The van der Waals surface area contributed by atoms with Crippen molar-refractivity contribution >= 4 is 33.9 Å². The number of carbonyl (C=O) groups is 2. The number of esters is 1. The predicted octanol–water partition coefficient (Wildman–Crippen LogP) is 5.68. The highest BCUT2D eigenvalue weighted by molar-refractivity contribution is 7.17. The minimum Gasteiger partial charge on any atom is -0.462 e. The molecule has 0 aliphatic heterocycles. The van der Waals surface area contributed by atoms with Gasteiger partial charge in [0.1, 0.15) is 10.6 Å². The molecule has 1 amide bonds. The third-order valence-electron chi connectivity index (χ3n) is 4.88. The van der Waals surface area contributed by atoms with E-state index in [1.165, 1.54) is 36.5 Å². The monoisotopic (exact) mass is 438 g/mol. The van der Waals surface area contributed by atoms with E-state index < -0.39 is 16.8 Å². The van der Waals surface area contributed by atoms with Gasteiger partial charge in [0.15, 0.2) is 0 Å². The molecule has 0 saturated heterocycles. The van der Waals surface area contributed by atoms with E-state index in [1.807, 2.05) is 38.1 Å². The Kier molecular flexibility index (Phi) is 6.50. The minimum absolute atomic E-state index is 0.138. The Morgan fingerprint density at radius 1 is 1.10 bits per heavy atom. The van der Waals surface area contributed by atoms with Crippen LogP contribution in [0.3, 0.4) is 0 Å². The van der Waals surface area contributed by atoms with E-state index in [1.54, 1.807) is 6.92 Å². The van der Waals surface area contributed by atoms with E-state index in [4.69, 9.17) is 4.74 Å². The molecule has 1 aromatic heterocycles. The van der Waals surface area contributed by atoms with Gasteiger partial charge in [-0.25, -0.2) is 4.79 Å². The fraction of sp³-hybridized carbons (Fsp3) is 0.217. The molecule has 0 fully saturated rings. The Morgan fingerprint density at radius 2 is 1.77 bits per heavy atom. The van der Waals surface area contributed by atoms with Crippen molar-refractivity contribution < 1.29 is 19.2 Å². The summed E-state index contributed by atoms with van der Waals surface area (Å²) in [7, 11) is 0. The van der Waals surface area contributed by atoms with E-state index in [9.17, 15) is 19.7 Å². The average molecular weight is 439 g/mol. The van der Waals surface area contributed by atoms with Gasteiger partial charge >= 0.3 is 5.97 Å². The molecule has 1 N–H and O–H groups in total. The number of nitrogens with one attached hydrogen (secondary N) is 1. The van der Waals surface area contributed by atoms with Gasteiger partial charge in [-0.1, -0.05) is 35.9 Å². The average Bonchev–Trinajstić information content (AvgIpc) is 3.04. The van der Waals surface area contributed by atoms with Gasteiger partial charge in [-0.05, 0) is 39.3 Å². The van der Waals surface area contributed by atoms with E-state index in [-0.39, 0.29) is 29.0 Å². The van der Waals surface area contributed by atoms with Gasteiger partial charge in [0.2, 0.25) is 0 Å². The van der Waals surface area contributed by atoms with Crippen LogP contribution in [0.1, 0.15) is 43.6 Å². The van der Waals surface area contributed by atoms with E-state index in [0.717, 1.165) is 16.0 Å². The second-order valence-electron chi connectivity index (χ2n) is 6.98. The summed E-state index contributed by atoms with van der Waals surface area (Å²) in [6, 6.07) is 12.1. The lowest BCUT2D eigenvalue weighted by atomic mass is 10.00. The summed E-state index contributed by atoms with van der Waals surface area (Å²) < 4.78 is 5.26. The molecule has 8 heteroatoms. The highest BCUT2D eigenvalue weighted by Gasteiger charge is 2.27. The first-order chi connectivity index (χ1) is 14.7. The Hall–Kier alpha value is -3.52. The molecular weight excluding hydrogens is 416 g/mol. The number of aryl methyl sites for hydroxylation is 2. The van der Waals surface area contributed by atoms with Crippen LogP contribution in [0, 0.1) is 30.9 Å². The molecule has 0 unspecified atom stereocenters.